The fourth-order valence-corrected chi connectivity index (χ4v) is 6.07. The summed E-state index contributed by atoms with van der Waals surface area (Å²) in [4.78, 5) is 24.1. The molecule has 5 aliphatic rings. The summed E-state index contributed by atoms with van der Waals surface area (Å²) in [5, 5.41) is 19.9. The lowest BCUT2D eigenvalue weighted by molar-refractivity contribution is -0.150. The molecule has 5 unspecified atom stereocenters. The Labute approximate surface area is 125 Å². The highest BCUT2D eigenvalue weighted by Gasteiger charge is 2.71. The highest BCUT2D eigenvalue weighted by Crippen LogP contribution is 2.60. The molecule has 2 heterocycles. The average molecular weight is 327 g/mol. The molecule has 2 aliphatic heterocycles. The van der Waals surface area contributed by atoms with Gasteiger partial charge in [0.05, 0.1) is 28.9 Å². The Bertz CT molecular complexity index is 704. The molecule has 118 valence electrons. The number of fused-ring (bicyclic) bond motifs is 1. The van der Waals surface area contributed by atoms with E-state index < -0.39 is 62.7 Å². The van der Waals surface area contributed by atoms with Crippen LogP contribution in [0.25, 0.3) is 0 Å². The summed E-state index contributed by atoms with van der Waals surface area (Å²) in [6.07, 6.45) is 0.101. The fourth-order valence-electron chi connectivity index (χ4n) is 4.80. The number of esters is 2. The topological polar surface area (TPSA) is 160 Å². The molecular weight excluding hydrogens is 314 g/mol. The van der Waals surface area contributed by atoms with E-state index >= 15 is 0 Å². The SMILES string of the molecule is N=C1OC(=O)C2C1C1CC(S(N)(=O)=O)C2C2C(=O)OC(=N)C12. The second-order valence-corrected chi connectivity index (χ2v) is 8.06. The van der Waals surface area contributed by atoms with Gasteiger partial charge in [-0.05, 0) is 12.3 Å². The van der Waals surface area contributed by atoms with Crippen LogP contribution in [-0.4, -0.2) is 37.4 Å². The number of hydrogen-bond donors (Lipinski definition) is 3. The van der Waals surface area contributed by atoms with Gasteiger partial charge in [0.25, 0.3) is 0 Å². The van der Waals surface area contributed by atoms with E-state index in [0.29, 0.717) is 0 Å². The maximum atomic E-state index is 12.1. The van der Waals surface area contributed by atoms with Gasteiger partial charge in [0.15, 0.2) is 11.8 Å². The second-order valence-electron chi connectivity index (χ2n) is 6.28. The molecule has 0 amide bonds. The third-order valence-corrected chi connectivity index (χ3v) is 6.80. The lowest BCUT2D eigenvalue weighted by atomic mass is 9.51. The van der Waals surface area contributed by atoms with Gasteiger partial charge in [0, 0.05) is 5.92 Å². The van der Waals surface area contributed by atoms with Gasteiger partial charge in [-0.1, -0.05) is 0 Å². The fraction of sp³-hybridized carbons (Fsp3) is 0.667. The van der Waals surface area contributed by atoms with Gasteiger partial charge < -0.3 is 9.47 Å². The lowest BCUT2D eigenvalue weighted by Crippen LogP contribution is -2.61. The number of cyclic esters (lactones) is 2. The molecule has 0 aromatic rings. The monoisotopic (exact) mass is 327 g/mol. The first-order valence-electron chi connectivity index (χ1n) is 6.83. The van der Waals surface area contributed by atoms with Crippen molar-refractivity contribution in [2.45, 2.75) is 11.7 Å². The van der Waals surface area contributed by atoms with Crippen LogP contribution in [0.5, 0.6) is 0 Å². The summed E-state index contributed by atoms with van der Waals surface area (Å²) in [6.45, 7) is 0. The molecule has 0 spiro atoms. The van der Waals surface area contributed by atoms with E-state index in [2.05, 4.69) is 0 Å². The molecular formula is C12H13N3O6S. The third kappa shape index (κ3) is 1.48. The van der Waals surface area contributed by atoms with Gasteiger partial charge in [0.2, 0.25) is 10.0 Å². The van der Waals surface area contributed by atoms with Crippen LogP contribution >= 0.6 is 0 Å². The second kappa shape index (κ2) is 3.93. The molecule has 2 saturated heterocycles. The maximum Gasteiger partial charge on any atom is 0.316 e. The van der Waals surface area contributed by atoms with Crippen LogP contribution in [0.15, 0.2) is 0 Å². The summed E-state index contributed by atoms with van der Waals surface area (Å²) >= 11 is 0. The first kappa shape index (κ1) is 13.8. The van der Waals surface area contributed by atoms with Gasteiger partial charge >= 0.3 is 11.9 Å². The van der Waals surface area contributed by atoms with Crippen LogP contribution in [0.4, 0.5) is 0 Å². The largest absolute Gasteiger partial charge is 0.412 e. The van der Waals surface area contributed by atoms with Crippen molar-refractivity contribution in [3.8, 4) is 0 Å². The normalized spacial score (nSPS) is 46.3. The number of carbonyl (C=O) groups is 2. The number of carbonyl (C=O) groups excluding carboxylic acids is 2. The van der Waals surface area contributed by atoms with Gasteiger partial charge in [-0.25, -0.2) is 13.6 Å². The van der Waals surface area contributed by atoms with Gasteiger partial charge in [-0.3, -0.25) is 20.4 Å². The molecule has 4 N–H and O–H groups in total. The lowest BCUT2D eigenvalue weighted by Gasteiger charge is -2.51. The molecule has 2 bridgehead atoms. The molecule has 5 rings (SSSR count). The quantitative estimate of drug-likeness (QED) is 0.514. The Morgan fingerprint density at radius 1 is 0.955 bits per heavy atom. The molecule has 10 heteroatoms. The number of ether oxygens (including phenoxy) is 2. The number of nitrogens with one attached hydrogen (secondary N) is 2. The molecule has 22 heavy (non-hydrogen) atoms. The molecule has 9 nitrogen and oxygen atoms in total. The Balaban J connectivity index is 1.90. The van der Waals surface area contributed by atoms with Crippen LogP contribution in [0, 0.1) is 46.3 Å². The minimum Gasteiger partial charge on any atom is -0.412 e. The smallest absolute Gasteiger partial charge is 0.316 e. The van der Waals surface area contributed by atoms with Gasteiger partial charge in [-0.15, -0.1) is 0 Å². The Kier molecular flexibility index (Phi) is 2.47. The zero-order chi connectivity index (χ0) is 16.0. The van der Waals surface area contributed by atoms with Crippen molar-refractivity contribution in [1.29, 1.82) is 10.8 Å². The summed E-state index contributed by atoms with van der Waals surface area (Å²) in [6, 6.07) is 0. The zero-order valence-electron chi connectivity index (χ0n) is 11.2. The number of primary sulfonamides is 1. The van der Waals surface area contributed by atoms with Crippen molar-refractivity contribution in [2.75, 3.05) is 0 Å². The third-order valence-electron chi connectivity index (χ3n) is 5.45. The Morgan fingerprint density at radius 2 is 1.41 bits per heavy atom. The van der Waals surface area contributed by atoms with Crippen molar-refractivity contribution in [3.05, 3.63) is 0 Å². The van der Waals surface area contributed by atoms with Gasteiger partial charge in [-0.2, -0.15) is 0 Å². The molecule has 0 aromatic heterocycles. The van der Waals surface area contributed by atoms with E-state index in [1.54, 1.807) is 0 Å². The summed E-state index contributed by atoms with van der Waals surface area (Å²) in [7, 11) is -3.97. The van der Waals surface area contributed by atoms with Crippen LogP contribution in [-0.2, 0) is 29.1 Å². The number of nitrogens with two attached hydrogens (primary N) is 1. The first-order chi connectivity index (χ1) is 10.2. The highest BCUT2D eigenvalue weighted by molar-refractivity contribution is 7.89. The summed E-state index contributed by atoms with van der Waals surface area (Å²) in [5.74, 6) is -6.23. The minimum atomic E-state index is -3.97. The van der Waals surface area contributed by atoms with Crippen molar-refractivity contribution in [3.63, 3.8) is 0 Å². The van der Waals surface area contributed by atoms with Gasteiger partial charge in [0.1, 0.15) is 0 Å². The predicted molar refractivity (Wildman–Crippen MR) is 70.1 cm³/mol. The number of rotatable bonds is 1. The predicted octanol–water partition coefficient (Wildman–Crippen LogP) is -1.17. The van der Waals surface area contributed by atoms with E-state index in [-0.39, 0.29) is 18.2 Å². The van der Waals surface area contributed by atoms with Crippen LogP contribution in [0.3, 0.4) is 0 Å². The molecule has 5 fully saturated rings. The highest BCUT2D eigenvalue weighted by atomic mass is 32.2. The first-order valence-corrected chi connectivity index (χ1v) is 8.44. The molecule has 0 radical (unpaired) electrons. The van der Waals surface area contributed by atoms with Crippen LogP contribution in [0.1, 0.15) is 6.42 Å². The van der Waals surface area contributed by atoms with E-state index in [1.165, 1.54) is 0 Å². The van der Waals surface area contributed by atoms with Crippen LogP contribution in [0.2, 0.25) is 0 Å². The van der Waals surface area contributed by atoms with Crippen molar-refractivity contribution >= 4 is 33.8 Å². The van der Waals surface area contributed by atoms with Crippen molar-refractivity contribution in [2.24, 2.45) is 40.6 Å². The van der Waals surface area contributed by atoms with Crippen molar-refractivity contribution in [1.82, 2.24) is 0 Å². The van der Waals surface area contributed by atoms with E-state index in [4.69, 9.17) is 25.4 Å². The molecule has 3 aliphatic carbocycles. The summed E-state index contributed by atoms with van der Waals surface area (Å²) in [5.41, 5.74) is 0. The maximum absolute atomic E-state index is 12.1. The minimum absolute atomic E-state index is 0.101. The van der Waals surface area contributed by atoms with E-state index in [0.717, 1.165) is 0 Å². The Hall–Kier alpha value is -1.81. The Morgan fingerprint density at radius 3 is 1.82 bits per heavy atom. The average Bonchev–Trinajstić information content (AvgIpc) is 2.89. The molecule has 3 saturated carbocycles. The molecule has 5 atom stereocenters. The molecule has 0 aromatic carbocycles. The summed E-state index contributed by atoms with van der Waals surface area (Å²) < 4.78 is 33.5. The zero-order valence-corrected chi connectivity index (χ0v) is 12.0. The number of hydrogen-bond acceptors (Lipinski definition) is 8. The van der Waals surface area contributed by atoms with E-state index in [1.807, 2.05) is 0 Å². The van der Waals surface area contributed by atoms with Crippen molar-refractivity contribution < 1.29 is 27.5 Å². The van der Waals surface area contributed by atoms with Crippen LogP contribution < -0.4 is 5.14 Å². The standard InChI is InChI=1S/C12H13N3O6S/c13-9-4-2-1-3(22(15,18)19)6(7(4)11(16)20-9)8-5(2)10(14)21-12(8)17/h2-8,13-14H,1H2,(H2,15,18,19). The number of sulfonamides is 1. The van der Waals surface area contributed by atoms with E-state index in [9.17, 15) is 18.0 Å².